The number of ether oxygens (including phenoxy) is 1. The maximum Gasteiger partial charge on any atom is 0.139 e. The number of rotatable bonds is 2. The number of hydrogen-bond donors (Lipinski definition) is 0. The molecule has 1 rings (SSSR count). The van der Waals surface area contributed by atoms with Crippen LogP contribution in [0, 0.1) is 11.5 Å². The van der Waals surface area contributed by atoms with Crippen LogP contribution in [0.25, 0.3) is 0 Å². The van der Waals surface area contributed by atoms with Crippen molar-refractivity contribution in [3.8, 4) is 17.2 Å². The second kappa shape index (κ2) is 5.18. The van der Waals surface area contributed by atoms with Gasteiger partial charge in [0, 0.05) is 11.8 Å². The largest absolute Gasteiger partial charge is 0.489 e. The molecule has 0 aromatic carbocycles. The van der Waals surface area contributed by atoms with Gasteiger partial charge >= 0.3 is 0 Å². The molecule has 1 aromatic heterocycles. The minimum absolute atomic E-state index is 0.169. The van der Waals surface area contributed by atoms with Crippen LogP contribution in [-0.4, -0.2) is 19.2 Å². The Balaban J connectivity index is 2.85. The molecule has 0 saturated heterocycles. The molecule has 16 heavy (non-hydrogen) atoms. The van der Waals surface area contributed by atoms with Crippen molar-refractivity contribution >= 4 is 8.07 Å². The van der Waals surface area contributed by atoms with Crippen LogP contribution in [0.5, 0.6) is 5.75 Å². The molecule has 1 heterocycles. The topological polar surface area (TPSA) is 22.1 Å². The summed E-state index contributed by atoms with van der Waals surface area (Å²) in [6.07, 6.45) is 3.67. The van der Waals surface area contributed by atoms with Gasteiger partial charge in [-0.3, -0.25) is 4.98 Å². The summed E-state index contributed by atoms with van der Waals surface area (Å²) in [5.41, 5.74) is 4.24. The van der Waals surface area contributed by atoms with Crippen LogP contribution in [0.1, 0.15) is 19.4 Å². The molecule has 0 N–H and O–H groups in total. The van der Waals surface area contributed by atoms with Crippen molar-refractivity contribution in [1.82, 2.24) is 4.98 Å². The fraction of sp³-hybridized carbons (Fsp3) is 0.462. The lowest BCUT2D eigenvalue weighted by atomic mass is 10.3. The zero-order valence-electron chi connectivity index (χ0n) is 10.7. The van der Waals surface area contributed by atoms with Crippen molar-refractivity contribution in [1.29, 1.82) is 0 Å². The Labute approximate surface area is 99.1 Å². The lowest BCUT2D eigenvalue weighted by Crippen LogP contribution is -2.16. The predicted octanol–water partition coefficient (Wildman–Crippen LogP) is 3.10. The first-order valence-electron chi connectivity index (χ1n) is 5.52. The van der Waals surface area contributed by atoms with Crippen LogP contribution in [0.3, 0.4) is 0 Å². The summed E-state index contributed by atoms with van der Waals surface area (Å²) in [5, 5.41) is 0. The first-order chi connectivity index (χ1) is 7.37. The maximum absolute atomic E-state index is 5.57. The molecule has 86 valence electrons. The highest BCUT2D eigenvalue weighted by Crippen LogP contribution is 2.12. The highest BCUT2D eigenvalue weighted by atomic mass is 28.3. The van der Waals surface area contributed by atoms with Crippen molar-refractivity contribution in [3.05, 3.63) is 24.0 Å². The summed E-state index contributed by atoms with van der Waals surface area (Å²) >= 11 is 0. The van der Waals surface area contributed by atoms with E-state index in [9.17, 15) is 0 Å². The minimum Gasteiger partial charge on any atom is -0.489 e. The van der Waals surface area contributed by atoms with Crippen molar-refractivity contribution in [3.63, 3.8) is 0 Å². The van der Waals surface area contributed by atoms with E-state index in [1.165, 1.54) is 0 Å². The minimum atomic E-state index is -1.32. The molecule has 0 aliphatic rings. The Kier molecular flexibility index (Phi) is 4.14. The second-order valence-electron chi connectivity index (χ2n) is 5.08. The summed E-state index contributed by atoms with van der Waals surface area (Å²) in [6.45, 7) is 10.7. The first-order valence-corrected chi connectivity index (χ1v) is 9.02. The van der Waals surface area contributed by atoms with E-state index in [1.807, 2.05) is 19.9 Å². The fourth-order valence-electron chi connectivity index (χ4n) is 1.08. The van der Waals surface area contributed by atoms with Crippen LogP contribution < -0.4 is 4.74 Å². The van der Waals surface area contributed by atoms with Gasteiger partial charge < -0.3 is 4.74 Å². The Hall–Kier alpha value is -1.27. The second-order valence-corrected chi connectivity index (χ2v) is 9.83. The van der Waals surface area contributed by atoms with Gasteiger partial charge in [-0.2, -0.15) is 0 Å². The molecule has 0 atom stereocenters. The molecular weight excluding hydrogens is 214 g/mol. The van der Waals surface area contributed by atoms with Crippen LogP contribution in [0.2, 0.25) is 19.6 Å². The molecule has 0 aliphatic heterocycles. The summed E-state index contributed by atoms with van der Waals surface area (Å²) in [5.74, 6) is 3.96. The van der Waals surface area contributed by atoms with Crippen molar-refractivity contribution < 1.29 is 4.74 Å². The zero-order valence-corrected chi connectivity index (χ0v) is 11.7. The molecule has 2 nitrogen and oxygen atoms in total. The highest BCUT2D eigenvalue weighted by Gasteiger charge is 2.07. The monoisotopic (exact) mass is 233 g/mol. The normalized spacial score (nSPS) is 10.9. The van der Waals surface area contributed by atoms with E-state index >= 15 is 0 Å². The lowest BCUT2D eigenvalue weighted by molar-refractivity contribution is 0.241. The molecule has 0 bridgehead atoms. The summed E-state index contributed by atoms with van der Waals surface area (Å²) in [4.78, 5) is 4.13. The fourth-order valence-corrected chi connectivity index (χ4v) is 1.60. The van der Waals surface area contributed by atoms with Gasteiger partial charge in [0.1, 0.15) is 13.8 Å². The first kappa shape index (κ1) is 12.8. The van der Waals surface area contributed by atoms with Gasteiger partial charge in [-0.25, -0.2) is 0 Å². The van der Waals surface area contributed by atoms with E-state index < -0.39 is 8.07 Å². The van der Waals surface area contributed by atoms with Gasteiger partial charge in [0.05, 0.1) is 12.3 Å². The van der Waals surface area contributed by atoms with E-state index in [1.54, 1.807) is 12.4 Å². The SMILES string of the molecule is CC(C)Oc1cncc(C#C[Si](C)(C)C)c1. The average Bonchev–Trinajstić information content (AvgIpc) is 2.13. The zero-order chi connectivity index (χ0) is 12.2. The standard InChI is InChI=1S/C13H19NOSi/c1-11(2)15-13-8-12(9-14-10-13)6-7-16(3,4)5/h8-11H,1-5H3. The molecule has 0 radical (unpaired) electrons. The van der Waals surface area contributed by atoms with E-state index in [0.717, 1.165) is 11.3 Å². The van der Waals surface area contributed by atoms with Gasteiger partial charge in [0.25, 0.3) is 0 Å². The van der Waals surface area contributed by atoms with E-state index in [4.69, 9.17) is 4.74 Å². The molecule has 0 amide bonds. The Bertz CT molecular complexity index is 410. The highest BCUT2D eigenvalue weighted by molar-refractivity contribution is 6.83. The van der Waals surface area contributed by atoms with E-state index in [2.05, 4.69) is 36.1 Å². The molecule has 0 fully saturated rings. The Morgan fingerprint density at radius 3 is 2.50 bits per heavy atom. The lowest BCUT2D eigenvalue weighted by Gasteiger charge is -2.09. The Morgan fingerprint density at radius 2 is 1.94 bits per heavy atom. The van der Waals surface area contributed by atoms with E-state index in [-0.39, 0.29) is 6.10 Å². The summed E-state index contributed by atoms with van der Waals surface area (Å²) in [6, 6.07) is 1.94. The quantitative estimate of drug-likeness (QED) is 0.578. The van der Waals surface area contributed by atoms with Crippen LogP contribution >= 0.6 is 0 Å². The molecule has 0 unspecified atom stereocenters. The maximum atomic E-state index is 5.57. The van der Waals surface area contributed by atoms with Crippen molar-refractivity contribution in [2.24, 2.45) is 0 Å². The van der Waals surface area contributed by atoms with Gasteiger partial charge in [-0.05, 0) is 19.9 Å². The summed E-state index contributed by atoms with van der Waals surface area (Å²) < 4.78 is 5.57. The average molecular weight is 233 g/mol. The van der Waals surface area contributed by atoms with Gasteiger partial charge in [0.15, 0.2) is 0 Å². The molecule has 1 aromatic rings. The van der Waals surface area contributed by atoms with E-state index in [0.29, 0.717) is 0 Å². The third-order valence-corrected chi connectivity index (χ3v) is 2.54. The smallest absolute Gasteiger partial charge is 0.139 e. The summed E-state index contributed by atoms with van der Waals surface area (Å²) in [7, 11) is -1.32. The van der Waals surface area contributed by atoms with Gasteiger partial charge in [-0.15, -0.1) is 5.54 Å². The van der Waals surface area contributed by atoms with Crippen LogP contribution in [0.15, 0.2) is 18.5 Å². The molecule has 0 aliphatic carbocycles. The van der Waals surface area contributed by atoms with Crippen LogP contribution in [-0.2, 0) is 0 Å². The molecule has 0 spiro atoms. The molecule has 3 heteroatoms. The Morgan fingerprint density at radius 1 is 1.25 bits per heavy atom. The number of pyridine rings is 1. The van der Waals surface area contributed by atoms with Gasteiger partial charge in [-0.1, -0.05) is 25.6 Å². The third kappa shape index (κ3) is 4.99. The van der Waals surface area contributed by atoms with Gasteiger partial charge in [0.2, 0.25) is 0 Å². The number of hydrogen-bond acceptors (Lipinski definition) is 2. The molecule has 0 saturated carbocycles. The van der Waals surface area contributed by atoms with Crippen LogP contribution in [0.4, 0.5) is 0 Å². The van der Waals surface area contributed by atoms with Crippen molar-refractivity contribution in [2.45, 2.75) is 39.6 Å². The molecular formula is C13H19NOSi. The third-order valence-electron chi connectivity index (χ3n) is 1.67. The van der Waals surface area contributed by atoms with Crippen molar-refractivity contribution in [2.75, 3.05) is 0 Å². The predicted molar refractivity (Wildman–Crippen MR) is 70.2 cm³/mol. The number of nitrogens with zero attached hydrogens (tertiary/aromatic N) is 1. The number of aromatic nitrogens is 1.